The highest BCUT2D eigenvalue weighted by atomic mass is 19.1. The van der Waals surface area contributed by atoms with Crippen molar-refractivity contribution in [2.24, 2.45) is 5.41 Å². The highest BCUT2D eigenvalue weighted by Gasteiger charge is 2.36. The van der Waals surface area contributed by atoms with Gasteiger partial charge in [-0.15, -0.1) is 0 Å². The minimum absolute atomic E-state index is 0.0497. The van der Waals surface area contributed by atoms with Crippen molar-refractivity contribution in [3.8, 4) is 0 Å². The second kappa shape index (κ2) is 5.06. The maximum absolute atomic E-state index is 12.8. The molecule has 1 aromatic rings. The molecule has 0 bridgehead atoms. The van der Waals surface area contributed by atoms with Crippen LogP contribution in [0.25, 0.3) is 0 Å². The van der Waals surface area contributed by atoms with Crippen LogP contribution in [0.2, 0.25) is 0 Å². The van der Waals surface area contributed by atoms with Gasteiger partial charge in [-0.3, -0.25) is 4.79 Å². The minimum atomic E-state index is -0.302. The lowest BCUT2D eigenvalue weighted by Crippen LogP contribution is -2.53. The highest BCUT2D eigenvalue weighted by Crippen LogP contribution is 2.30. The van der Waals surface area contributed by atoms with E-state index >= 15 is 0 Å². The van der Waals surface area contributed by atoms with Crippen molar-refractivity contribution >= 4 is 11.6 Å². The van der Waals surface area contributed by atoms with E-state index in [4.69, 9.17) is 0 Å². The quantitative estimate of drug-likeness (QED) is 0.847. The lowest BCUT2D eigenvalue weighted by molar-refractivity contribution is -0.121. The summed E-state index contributed by atoms with van der Waals surface area (Å²) in [5.41, 5.74) is 0.576. The third-order valence-electron chi connectivity index (χ3n) is 3.50. The summed E-state index contributed by atoms with van der Waals surface area (Å²) in [4.78, 5) is 12.2. The summed E-state index contributed by atoms with van der Waals surface area (Å²) >= 11 is 0. The molecule has 0 radical (unpaired) electrons. The van der Waals surface area contributed by atoms with Gasteiger partial charge in [0.25, 0.3) is 0 Å². The van der Waals surface area contributed by atoms with Crippen LogP contribution in [-0.4, -0.2) is 18.5 Å². The molecule has 2 rings (SSSR count). The Labute approximate surface area is 107 Å². The number of carbonyl (C=O) groups excluding carboxylic acids is 1. The molecule has 1 fully saturated rings. The van der Waals surface area contributed by atoms with Gasteiger partial charge >= 0.3 is 0 Å². The number of rotatable bonds is 2. The van der Waals surface area contributed by atoms with Gasteiger partial charge in [0, 0.05) is 5.69 Å². The molecule has 1 amide bonds. The molecule has 1 unspecified atom stereocenters. The molecule has 0 saturated carbocycles. The van der Waals surface area contributed by atoms with Crippen LogP contribution in [0.4, 0.5) is 10.1 Å². The first-order chi connectivity index (χ1) is 8.49. The van der Waals surface area contributed by atoms with E-state index in [9.17, 15) is 9.18 Å². The molecule has 1 aliphatic heterocycles. The van der Waals surface area contributed by atoms with Crippen molar-refractivity contribution in [3.05, 3.63) is 30.1 Å². The van der Waals surface area contributed by atoms with Crippen LogP contribution in [0, 0.1) is 11.2 Å². The topological polar surface area (TPSA) is 41.1 Å². The zero-order valence-electron chi connectivity index (χ0n) is 10.8. The second-order valence-electron chi connectivity index (χ2n) is 5.48. The van der Waals surface area contributed by atoms with E-state index in [1.54, 1.807) is 12.1 Å². The van der Waals surface area contributed by atoms with Crippen molar-refractivity contribution in [1.29, 1.82) is 0 Å². The molecule has 4 heteroatoms. The number of halogens is 1. The fourth-order valence-electron chi connectivity index (χ4n) is 2.41. The van der Waals surface area contributed by atoms with E-state index in [-0.39, 0.29) is 23.2 Å². The van der Waals surface area contributed by atoms with E-state index in [1.807, 2.05) is 0 Å². The van der Waals surface area contributed by atoms with Gasteiger partial charge in [0.1, 0.15) is 5.82 Å². The van der Waals surface area contributed by atoms with Crippen LogP contribution >= 0.6 is 0 Å². The van der Waals surface area contributed by atoms with Crippen LogP contribution in [0.1, 0.15) is 26.7 Å². The predicted octanol–water partition coefficient (Wildman–Crippen LogP) is 2.54. The van der Waals surface area contributed by atoms with Crippen molar-refractivity contribution in [1.82, 2.24) is 5.32 Å². The summed E-state index contributed by atoms with van der Waals surface area (Å²) in [6.07, 6.45) is 2.12. The van der Waals surface area contributed by atoms with Crippen molar-refractivity contribution < 1.29 is 9.18 Å². The van der Waals surface area contributed by atoms with Gasteiger partial charge in [0.2, 0.25) is 5.91 Å². The van der Waals surface area contributed by atoms with Gasteiger partial charge in [0.15, 0.2) is 0 Å². The average molecular weight is 250 g/mol. The van der Waals surface area contributed by atoms with E-state index in [2.05, 4.69) is 24.5 Å². The Balaban J connectivity index is 2.05. The molecule has 98 valence electrons. The Hall–Kier alpha value is -1.42. The lowest BCUT2D eigenvalue weighted by atomic mass is 9.77. The lowest BCUT2D eigenvalue weighted by Gasteiger charge is -2.38. The monoisotopic (exact) mass is 250 g/mol. The average Bonchev–Trinajstić information content (AvgIpc) is 2.31. The van der Waals surface area contributed by atoms with Gasteiger partial charge < -0.3 is 10.6 Å². The standard InChI is InChI=1S/C14H19FN2O/c1-14(2)8-3-9-16-12(14)13(18)17-11-6-4-10(15)5-7-11/h4-7,12,16H,3,8-9H2,1-2H3,(H,17,18). The largest absolute Gasteiger partial charge is 0.325 e. The summed E-state index contributed by atoms with van der Waals surface area (Å²) in [6, 6.07) is 5.63. The van der Waals surface area contributed by atoms with Crippen LogP contribution in [-0.2, 0) is 4.79 Å². The van der Waals surface area contributed by atoms with E-state index in [0.717, 1.165) is 19.4 Å². The Bertz CT molecular complexity index is 428. The van der Waals surface area contributed by atoms with Gasteiger partial charge in [-0.1, -0.05) is 13.8 Å². The van der Waals surface area contributed by atoms with Crippen LogP contribution in [0.5, 0.6) is 0 Å². The number of hydrogen-bond acceptors (Lipinski definition) is 2. The van der Waals surface area contributed by atoms with Gasteiger partial charge in [-0.2, -0.15) is 0 Å². The summed E-state index contributed by atoms with van der Waals surface area (Å²) < 4.78 is 12.8. The summed E-state index contributed by atoms with van der Waals surface area (Å²) in [5.74, 6) is -0.351. The van der Waals surface area contributed by atoms with Gasteiger partial charge in [-0.25, -0.2) is 4.39 Å². The molecular weight excluding hydrogens is 231 g/mol. The molecule has 0 aromatic heterocycles. The molecule has 1 heterocycles. The number of hydrogen-bond donors (Lipinski definition) is 2. The number of carbonyl (C=O) groups is 1. The van der Waals surface area contributed by atoms with Crippen LogP contribution in [0.15, 0.2) is 24.3 Å². The molecule has 1 atom stereocenters. The van der Waals surface area contributed by atoms with Crippen LogP contribution in [0.3, 0.4) is 0 Å². The first-order valence-corrected chi connectivity index (χ1v) is 6.29. The summed E-state index contributed by atoms with van der Waals surface area (Å²) in [5, 5.41) is 6.08. The molecule has 1 aromatic carbocycles. The molecule has 0 spiro atoms. The Morgan fingerprint density at radius 2 is 2.06 bits per heavy atom. The van der Waals surface area contributed by atoms with Crippen molar-refractivity contribution in [2.75, 3.05) is 11.9 Å². The first-order valence-electron chi connectivity index (χ1n) is 6.29. The molecule has 18 heavy (non-hydrogen) atoms. The second-order valence-corrected chi connectivity index (χ2v) is 5.48. The van der Waals surface area contributed by atoms with Crippen LogP contribution < -0.4 is 10.6 Å². The fraction of sp³-hybridized carbons (Fsp3) is 0.500. The maximum Gasteiger partial charge on any atom is 0.242 e. The zero-order valence-corrected chi connectivity index (χ0v) is 10.8. The third kappa shape index (κ3) is 2.88. The normalized spacial score (nSPS) is 22.5. The minimum Gasteiger partial charge on any atom is -0.325 e. The molecule has 1 saturated heterocycles. The van der Waals surface area contributed by atoms with Crippen molar-refractivity contribution in [2.45, 2.75) is 32.7 Å². The van der Waals surface area contributed by atoms with E-state index < -0.39 is 0 Å². The number of anilines is 1. The van der Waals surface area contributed by atoms with E-state index in [0.29, 0.717) is 5.69 Å². The predicted molar refractivity (Wildman–Crippen MR) is 69.8 cm³/mol. The SMILES string of the molecule is CC1(C)CCCNC1C(=O)Nc1ccc(F)cc1. The highest BCUT2D eigenvalue weighted by molar-refractivity contribution is 5.95. The Morgan fingerprint density at radius 3 is 2.67 bits per heavy atom. The maximum atomic E-state index is 12.8. The molecule has 1 aliphatic rings. The number of benzene rings is 1. The van der Waals surface area contributed by atoms with Crippen molar-refractivity contribution in [3.63, 3.8) is 0 Å². The fourth-order valence-corrected chi connectivity index (χ4v) is 2.41. The number of amides is 1. The third-order valence-corrected chi connectivity index (χ3v) is 3.50. The molecule has 2 N–H and O–H groups in total. The zero-order chi connectivity index (χ0) is 13.2. The number of nitrogens with one attached hydrogen (secondary N) is 2. The van der Waals surface area contributed by atoms with Gasteiger partial charge in [0.05, 0.1) is 6.04 Å². The molecule has 3 nitrogen and oxygen atoms in total. The van der Waals surface area contributed by atoms with Gasteiger partial charge in [-0.05, 0) is 49.1 Å². The summed E-state index contributed by atoms with van der Waals surface area (Å²) in [6.45, 7) is 5.05. The smallest absolute Gasteiger partial charge is 0.242 e. The number of piperidine rings is 1. The summed E-state index contributed by atoms with van der Waals surface area (Å²) in [7, 11) is 0. The van der Waals surface area contributed by atoms with E-state index in [1.165, 1.54) is 12.1 Å². The Morgan fingerprint density at radius 1 is 1.39 bits per heavy atom. The first kappa shape index (κ1) is 13.0. The molecular formula is C14H19FN2O. The Kier molecular flexibility index (Phi) is 3.66. The molecule has 0 aliphatic carbocycles.